The lowest BCUT2D eigenvalue weighted by Gasteiger charge is -2.03. The Hall–Kier alpha value is -2.13. The summed E-state index contributed by atoms with van der Waals surface area (Å²) in [6.45, 7) is 3.98. The fraction of sp³-hybridized carbons (Fsp3) is 0.231. The number of aromatic nitrogens is 4. The number of halogens is 1. The Labute approximate surface area is 133 Å². The van der Waals surface area contributed by atoms with Crippen molar-refractivity contribution in [2.45, 2.75) is 19.8 Å². The Bertz CT molecular complexity index is 911. The number of aromatic amines is 2. The number of hydrogen-bond acceptors (Lipinski definition) is 5. The van der Waals surface area contributed by atoms with Crippen molar-refractivity contribution in [1.82, 2.24) is 20.2 Å². The number of benzene rings is 1. The van der Waals surface area contributed by atoms with Crippen LogP contribution in [0.4, 0.5) is 9.52 Å². The molecule has 9 heteroatoms. The highest BCUT2D eigenvalue weighted by molar-refractivity contribution is 7.71. The van der Waals surface area contributed by atoms with Crippen molar-refractivity contribution in [2.75, 3.05) is 5.32 Å². The second-order valence-corrected chi connectivity index (χ2v) is 6.43. The first-order valence-corrected chi connectivity index (χ1v) is 7.73. The number of carbonyl (C=O) groups is 1. The van der Waals surface area contributed by atoms with Crippen molar-refractivity contribution in [1.29, 1.82) is 0 Å². The maximum Gasteiger partial charge on any atom is 0.259 e. The number of H-pyrrole nitrogens is 2. The molecule has 0 aliphatic rings. The quantitative estimate of drug-likeness (QED) is 0.638. The summed E-state index contributed by atoms with van der Waals surface area (Å²) >= 11 is 6.27. The van der Waals surface area contributed by atoms with Gasteiger partial charge in [-0.2, -0.15) is 0 Å². The van der Waals surface area contributed by atoms with E-state index in [1.807, 2.05) is 13.8 Å². The van der Waals surface area contributed by atoms with Gasteiger partial charge in [-0.25, -0.2) is 4.39 Å². The van der Waals surface area contributed by atoms with Crippen LogP contribution in [0.5, 0.6) is 0 Å². The molecule has 22 heavy (non-hydrogen) atoms. The average Bonchev–Trinajstić information content (AvgIpc) is 3.03. The van der Waals surface area contributed by atoms with Crippen LogP contribution in [0.2, 0.25) is 0 Å². The summed E-state index contributed by atoms with van der Waals surface area (Å²) in [4.78, 5) is 18.0. The number of nitrogens with zero attached hydrogens (tertiary/aromatic N) is 2. The summed E-state index contributed by atoms with van der Waals surface area (Å²) in [5.74, 6) is -0.769. The lowest BCUT2D eigenvalue weighted by atomic mass is 10.1. The number of amides is 1. The standard InChI is InChI=1S/C13H12FN5OS2/c1-5(2)11-18-19-13(22-11)17-10(20)7-3-6(14)4-8-9(7)16-12(21)15-8/h3-5H,1-2H3,(H2,15,16,21)(H,17,19,20). The van der Waals surface area contributed by atoms with Crippen molar-refractivity contribution in [3.05, 3.63) is 33.3 Å². The maximum atomic E-state index is 13.6. The van der Waals surface area contributed by atoms with Gasteiger partial charge in [0.25, 0.3) is 5.91 Å². The molecule has 3 N–H and O–H groups in total. The zero-order valence-corrected chi connectivity index (χ0v) is 13.4. The minimum Gasteiger partial charge on any atom is -0.331 e. The van der Waals surface area contributed by atoms with Gasteiger partial charge in [0.2, 0.25) is 5.13 Å². The van der Waals surface area contributed by atoms with Crippen molar-refractivity contribution in [2.24, 2.45) is 0 Å². The Morgan fingerprint density at radius 3 is 2.82 bits per heavy atom. The van der Waals surface area contributed by atoms with Gasteiger partial charge < -0.3 is 9.97 Å². The molecule has 1 aromatic carbocycles. The number of fused-ring (bicyclic) bond motifs is 1. The molecule has 0 saturated heterocycles. The van der Waals surface area contributed by atoms with E-state index in [0.29, 0.717) is 20.9 Å². The van der Waals surface area contributed by atoms with E-state index in [-0.39, 0.29) is 11.5 Å². The molecule has 114 valence electrons. The summed E-state index contributed by atoms with van der Waals surface area (Å²) in [6.07, 6.45) is 0. The molecule has 6 nitrogen and oxygen atoms in total. The van der Waals surface area contributed by atoms with E-state index in [4.69, 9.17) is 12.2 Å². The fourth-order valence-corrected chi connectivity index (χ4v) is 2.92. The van der Waals surface area contributed by atoms with Crippen LogP contribution in [0.3, 0.4) is 0 Å². The number of imidazole rings is 1. The van der Waals surface area contributed by atoms with E-state index in [1.165, 1.54) is 17.4 Å². The molecule has 0 aliphatic carbocycles. The summed E-state index contributed by atoms with van der Waals surface area (Å²) in [6, 6.07) is 2.43. The van der Waals surface area contributed by atoms with Crippen molar-refractivity contribution in [3.8, 4) is 0 Å². The second-order valence-electron chi connectivity index (χ2n) is 5.01. The van der Waals surface area contributed by atoms with Gasteiger partial charge >= 0.3 is 0 Å². The average molecular weight is 337 g/mol. The zero-order valence-electron chi connectivity index (χ0n) is 11.7. The Balaban J connectivity index is 1.96. The van der Waals surface area contributed by atoms with Gasteiger partial charge in [-0.3, -0.25) is 10.1 Å². The molecule has 2 heterocycles. The minimum atomic E-state index is -0.525. The van der Waals surface area contributed by atoms with Crippen LogP contribution in [0.15, 0.2) is 12.1 Å². The molecule has 0 atom stereocenters. The fourth-order valence-electron chi connectivity index (χ4n) is 1.97. The number of carbonyl (C=O) groups excluding carboxylic acids is 1. The van der Waals surface area contributed by atoms with Gasteiger partial charge in [0, 0.05) is 5.92 Å². The first-order valence-electron chi connectivity index (χ1n) is 6.50. The van der Waals surface area contributed by atoms with Crippen LogP contribution in [0.25, 0.3) is 11.0 Å². The van der Waals surface area contributed by atoms with E-state index < -0.39 is 11.7 Å². The lowest BCUT2D eigenvalue weighted by molar-refractivity contribution is 0.102. The van der Waals surface area contributed by atoms with E-state index in [2.05, 4.69) is 25.5 Å². The molecule has 2 aromatic heterocycles. The van der Waals surface area contributed by atoms with Crippen LogP contribution < -0.4 is 5.32 Å². The number of rotatable bonds is 3. The molecule has 0 spiro atoms. The largest absolute Gasteiger partial charge is 0.331 e. The van der Waals surface area contributed by atoms with Crippen molar-refractivity contribution in [3.63, 3.8) is 0 Å². The molecule has 1 amide bonds. The van der Waals surface area contributed by atoms with Gasteiger partial charge in [-0.05, 0) is 24.4 Å². The van der Waals surface area contributed by atoms with Gasteiger partial charge in [0.1, 0.15) is 10.8 Å². The summed E-state index contributed by atoms with van der Waals surface area (Å²) in [7, 11) is 0. The third-order valence-electron chi connectivity index (χ3n) is 2.99. The molecule has 0 fully saturated rings. The number of hydrogen-bond donors (Lipinski definition) is 3. The Morgan fingerprint density at radius 2 is 2.14 bits per heavy atom. The maximum absolute atomic E-state index is 13.6. The van der Waals surface area contributed by atoms with E-state index >= 15 is 0 Å². The zero-order chi connectivity index (χ0) is 15.9. The van der Waals surface area contributed by atoms with Gasteiger partial charge in [-0.15, -0.1) is 10.2 Å². The molecular formula is C13H12FN5OS2. The highest BCUT2D eigenvalue weighted by Crippen LogP contribution is 2.24. The predicted molar refractivity (Wildman–Crippen MR) is 85.4 cm³/mol. The molecule has 0 radical (unpaired) electrons. The third-order valence-corrected chi connectivity index (χ3v) is 4.33. The van der Waals surface area contributed by atoms with Crippen LogP contribution >= 0.6 is 23.6 Å². The first-order chi connectivity index (χ1) is 10.4. The van der Waals surface area contributed by atoms with Crippen LogP contribution in [-0.2, 0) is 0 Å². The highest BCUT2D eigenvalue weighted by Gasteiger charge is 2.16. The normalized spacial score (nSPS) is 11.3. The van der Waals surface area contributed by atoms with E-state index in [1.54, 1.807) is 0 Å². The molecule has 0 aliphatic heterocycles. The molecular weight excluding hydrogens is 325 g/mol. The summed E-state index contributed by atoms with van der Waals surface area (Å²) < 4.78 is 14.0. The lowest BCUT2D eigenvalue weighted by Crippen LogP contribution is -2.12. The number of nitrogens with one attached hydrogen (secondary N) is 3. The monoisotopic (exact) mass is 337 g/mol. The summed E-state index contributed by atoms with van der Waals surface area (Å²) in [5.41, 5.74) is 1.05. The van der Waals surface area contributed by atoms with Crippen LogP contribution in [-0.4, -0.2) is 26.1 Å². The number of anilines is 1. The van der Waals surface area contributed by atoms with Crippen LogP contribution in [0.1, 0.15) is 35.1 Å². The molecule has 0 saturated carbocycles. The highest BCUT2D eigenvalue weighted by atomic mass is 32.1. The molecule has 0 unspecified atom stereocenters. The second kappa shape index (κ2) is 5.58. The van der Waals surface area contributed by atoms with Gasteiger partial charge in [0.05, 0.1) is 16.6 Å². The van der Waals surface area contributed by atoms with E-state index in [0.717, 1.165) is 11.1 Å². The smallest absolute Gasteiger partial charge is 0.259 e. The molecule has 0 bridgehead atoms. The first kappa shape index (κ1) is 14.8. The molecule has 3 rings (SSSR count). The predicted octanol–water partition coefficient (Wildman–Crippen LogP) is 3.59. The van der Waals surface area contributed by atoms with Crippen molar-refractivity contribution >= 4 is 45.6 Å². The SMILES string of the molecule is CC(C)c1nnc(NC(=O)c2cc(F)cc3[nH]c(=S)[nH]c23)s1. The van der Waals surface area contributed by atoms with Crippen LogP contribution in [0, 0.1) is 10.6 Å². The minimum absolute atomic E-state index is 0.156. The Morgan fingerprint density at radius 1 is 1.36 bits per heavy atom. The van der Waals surface area contributed by atoms with Gasteiger partial charge in [0.15, 0.2) is 4.77 Å². The van der Waals surface area contributed by atoms with Crippen molar-refractivity contribution < 1.29 is 9.18 Å². The third kappa shape index (κ3) is 2.77. The summed E-state index contributed by atoms with van der Waals surface area (Å²) in [5, 5.41) is 11.7. The molecule has 3 aromatic rings. The van der Waals surface area contributed by atoms with Gasteiger partial charge in [-0.1, -0.05) is 25.2 Å². The Kier molecular flexibility index (Phi) is 3.75. The van der Waals surface area contributed by atoms with E-state index in [9.17, 15) is 9.18 Å². The topological polar surface area (TPSA) is 86.5 Å².